The molecule has 1 amide bonds. The van der Waals surface area contributed by atoms with Crippen LogP contribution in [0.4, 0.5) is 0 Å². The number of nitrogens with two attached hydrogens (primary N) is 1. The summed E-state index contributed by atoms with van der Waals surface area (Å²) in [4.78, 5) is 25.8. The second-order valence-electron chi connectivity index (χ2n) is 5.07. The number of aromatic nitrogens is 1. The lowest BCUT2D eigenvalue weighted by Gasteiger charge is -2.18. The number of aromatic amines is 1. The zero-order chi connectivity index (χ0) is 14.4. The lowest BCUT2D eigenvalue weighted by atomic mass is 9.87. The van der Waals surface area contributed by atoms with E-state index in [1.807, 2.05) is 0 Å². The molecule has 1 aromatic carbocycles. The Bertz CT molecular complexity index is 736. The highest BCUT2D eigenvalue weighted by Crippen LogP contribution is 2.37. The number of carboxylic acid groups (broad SMARTS) is 1. The fourth-order valence-electron chi connectivity index (χ4n) is 2.91. The third-order valence-corrected chi connectivity index (χ3v) is 4.57. The van der Waals surface area contributed by atoms with Gasteiger partial charge in [-0.3, -0.25) is 9.59 Å². The molecule has 4 N–H and O–H groups in total. The predicted molar refractivity (Wildman–Crippen MR) is 77.7 cm³/mol. The van der Waals surface area contributed by atoms with Crippen LogP contribution in [-0.2, 0) is 17.6 Å². The molecule has 20 heavy (non-hydrogen) atoms. The van der Waals surface area contributed by atoms with Crippen molar-refractivity contribution >= 4 is 38.7 Å². The number of H-pyrrole nitrogens is 1. The van der Waals surface area contributed by atoms with Crippen LogP contribution in [0.25, 0.3) is 10.9 Å². The Balaban J connectivity index is 2.22. The van der Waals surface area contributed by atoms with Crippen molar-refractivity contribution in [2.75, 3.05) is 0 Å². The molecule has 0 saturated heterocycles. The number of carbonyl (C=O) groups excluding carboxylic acids is 1. The SMILES string of the molecule is NC(=O)c1ccc(Br)c2c3c([nH]c12)C[C@@H](C(=O)O)CC3. The summed E-state index contributed by atoms with van der Waals surface area (Å²) in [6.45, 7) is 0. The number of carbonyl (C=O) groups is 2. The van der Waals surface area contributed by atoms with E-state index in [1.165, 1.54) is 0 Å². The van der Waals surface area contributed by atoms with E-state index in [1.54, 1.807) is 12.1 Å². The van der Waals surface area contributed by atoms with Gasteiger partial charge in [-0.15, -0.1) is 0 Å². The highest BCUT2D eigenvalue weighted by atomic mass is 79.9. The van der Waals surface area contributed by atoms with Crippen molar-refractivity contribution in [1.29, 1.82) is 0 Å². The van der Waals surface area contributed by atoms with Crippen molar-refractivity contribution in [3.63, 3.8) is 0 Å². The second kappa shape index (κ2) is 4.63. The molecule has 0 aliphatic heterocycles. The van der Waals surface area contributed by atoms with Crippen LogP contribution in [0, 0.1) is 5.92 Å². The normalized spacial score (nSPS) is 17.9. The summed E-state index contributed by atoms with van der Waals surface area (Å²) in [5, 5.41) is 10.1. The topological polar surface area (TPSA) is 96.2 Å². The van der Waals surface area contributed by atoms with Gasteiger partial charge in [-0.1, -0.05) is 15.9 Å². The van der Waals surface area contributed by atoms with Gasteiger partial charge in [0, 0.05) is 22.0 Å². The number of rotatable bonds is 2. The molecule has 1 aliphatic rings. The number of fused-ring (bicyclic) bond motifs is 3. The molecule has 1 atom stereocenters. The molecule has 0 radical (unpaired) electrons. The van der Waals surface area contributed by atoms with Gasteiger partial charge in [0.15, 0.2) is 0 Å². The third kappa shape index (κ3) is 1.91. The van der Waals surface area contributed by atoms with E-state index in [-0.39, 0.29) is 5.92 Å². The van der Waals surface area contributed by atoms with Crippen LogP contribution in [0.1, 0.15) is 28.0 Å². The number of nitrogens with one attached hydrogen (secondary N) is 1. The second-order valence-corrected chi connectivity index (χ2v) is 5.92. The van der Waals surface area contributed by atoms with Gasteiger partial charge in [-0.05, 0) is 30.5 Å². The molecule has 104 valence electrons. The van der Waals surface area contributed by atoms with E-state index in [9.17, 15) is 9.59 Å². The molecule has 1 aliphatic carbocycles. The van der Waals surface area contributed by atoms with Crippen molar-refractivity contribution in [3.8, 4) is 0 Å². The van der Waals surface area contributed by atoms with E-state index < -0.39 is 11.9 Å². The molecule has 5 nitrogen and oxygen atoms in total. The number of aliphatic carboxylic acids is 1. The molecular formula is C14H13BrN2O3. The fourth-order valence-corrected chi connectivity index (χ4v) is 3.48. The Labute approximate surface area is 123 Å². The molecule has 3 rings (SSSR count). The summed E-state index contributed by atoms with van der Waals surface area (Å²) in [7, 11) is 0. The summed E-state index contributed by atoms with van der Waals surface area (Å²) in [6, 6.07) is 3.48. The Kier molecular flexibility index (Phi) is 3.05. The van der Waals surface area contributed by atoms with E-state index in [0.29, 0.717) is 30.3 Å². The number of hydrogen-bond donors (Lipinski definition) is 3. The van der Waals surface area contributed by atoms with Gasteiger partial charge in [-0.25, -0.2) is 0 Å². The number of amides is 1. The van der Waals surface area contributed by atoms with Crippen molar-refractivity contribution in [2.45, 2.75) is 19.3 Å². The molecule has 0 spiro atoms. The first-order valence-corrected chi connectivity index (χ1v) is 7.13. The molecule has 0 bridgehead atoms. The smallest absolute Gasteiger partial charge is 0.306 e. The quantitative estimate of drug-likeness (QED) is 0.784. The molecule has 0 saturated carbocycles. The third-order valence-electron chi connectivity index (χ3n) is 3.90. The first-order chi connectivity index (χ1) is 9.49. The van der Waals surface area contributed by atoms with E-state index in [0.717, 1.165) is 21.1 Å². The minimum atomic E-state index is -0.775. The van der Waals surface area contributed by atoms with Gasteiger partial charge >= 0.3 is 5.97 Å². The van der Waals surface area contributed by atoms with Crippen molar-refractivity contribution < 1.29 is 14.7 Å². The van der Waals surface area contributed by atoms with E-state index >= 15 is 0 Å². The number of halogens is 1. The van der Waals surface area contributed by atoms with Gasteiger partial charge in [-0.2, -0.15) is 0 Å². The van der Waals surface area contributed by atoms with E-state index in [4.69, 9.17) is 10.8 Å². The van der Waals surface area contributed by atoms with Crippen LogP contribution in [0.3, 0.4) is 0 Å². The number of hydrogen-bond acceptors (Lipinski definition) is 2. The highest BCUT2D eigenvalue weighted by Gasteiger charge is 2.28. The van der Waals surface area contributed by atoms with Crippen LogP contribution in [0.5, 0.6) is 0 Å². The summed E-state index contributed by atoms with van der Waals surface area (Å²) in [5.74, 6) is -1.63. The minimum absolute atomic E-state index is 0.369. The summed E-state index contributed by atoms with van der Waals surface area (Å²) in [5.41, 5.74) is 8.51. The maximum Gasteiger partial charge on any atom is 0.306 e. The average molecular weight is 337 g/mol. The van der Waals surface area contributed by atoms with Crippen molar-refractivity contribution in [2.24, 2.45) is 11.7 Å². The van der Waals surface area contributed by atoms with E-state index in [2.05, 4.69) is 20.9 Å². The van der Waals surface area contributed by atoms with Crippen LogP contribution < -0.4 is 5.73 Å². The van der Waals surface area contributed by atoms with Gasteiger partial charge in [0.05, 0.1) is 17.0 Å². The van der Waals surface area contributed by atoms with Crippen LogP contribution in [-0.4, -0.2) is 22.0 Å². The maximum atomic E-state index is 11.5. The van der Waals surface area contributed by atoms with Crippen LogP contribution in [0.15, 0.2) is 16.6 Å². The zero-order valence-electron chi connectivity index (χ0n) is 10.6. The lowest BCUT2D eigenvalue weighted by Crippen LogP contribution is -2.21. The maximum absolute atomic E-state index is 11.5. The molecule has 0 unspecified atom stereocenters. The molecular weight excluding hydrogens is 324 g/mol. The summed E-state index contributed by atoms with van der Waals surface area (Å²) < 4.78 is 0.892. The Morgan fingerprint density at radius 2 is 2.15 bits per heavy atom. The molecule has 1 heterocycles. The Hall–Kier alpha value is -1.82. The predicted octanol–water partition coefficient (Wildman–Crippen LogP) is 2.22. The van der Waals surface area contributed by atoms with Gasteiger partial charge in [0.1, 0.15) is 0 Å². The average Bonchev–Trinajstić information content (AvgIpc) is 2.77. The number of carboxylic acids is 1. The van der Waals surface area contributed by atoms with Gasteiger partial charge in [0.2, 0.25) is 0 Å². The zero-order valence-corrected chi connectivity index (χ0v) is 12.2. The molecule has 6 heteroatoms. The number of aryl methyl sites for hydroxylation is 1. The molecule has 1 aromatic heterocycles. The molecule has 2 aromatic rings. The van der Waals surface area contributed by atoms with Crippen molar-refractivity contribution in [3.05, 3.63) is 33.4 Å². The summed E-state index contributed by atoms with van der Waals surface area (Å²) in [6.07, 6.45) is 1.76. The van der Waals surface area contributed by atoms with Crippen LogP contribution in [0.2, 0.25) is 0 Å². The van der Waals surface area contributed by atoms with Gasteiger partial charge in [0.25, 0.3) is 5.91 Å². The monoisotopic (exact) mass is 336 g/mol. The lowest BCUT2D eigenvalue weighted by molar-refractivity contribution is -0.142. The largest absolute Gasteiger partial charge is 0.481 e. The van der Waals surface area contributed by atoms with Crippen LogP contribution >= 0.6 is 15.9 Å². The number of primary amides is 1. The Morgan fingerprint density at radius 3 is 2.80 bits per heavy atom. The standard InChI is InChI=1S/C14H13BrN2O3/c15-9-4-3-8(13(16)18)12-11(9)7-2-1-6(14(19)20)5-10(7)17-12/h3-4,6,17H,1-2,5H2,(H2,16,18)(H,19,20)/t6-/m0/s1. The minimum Gasteiger partial charge on any atom is -0.481 e. The van der Waals surface area contributed by atoms with Gasteiger partial charge < -0.3 is 15.8 Å². The molecule has 0 fully saturated rings. The van der Waals surface area contributed by atoms with Crippen molar-refractivity contribution in [1.82, 2.24) is 4.98 Å². The first-order valence-electron chi connectivity index (χ1n) is 6.33. The Morgan fingerprint density at radius 1 is 1.40 bits per heavy atom. The fraction of sp³-hybridized carbons (Fsp3) is 0.286. The number of benzene rings is 1. The highest BCUT2D eigenvalue weighted by molar-refractivity contribution is 9.10. The summed E-state index contributed by atoms with van der Waals surface area (Å²) >= 11 is 3.49. The first kappa shape index (κ1) is 13.2.